The zero-order valence-corrected chi connectivity index (χ0v) is 22.8. The minimum absolute atomic E-state index is 0. The molecule has 0 fully saturated rings. The number of nitrogens with zero attached hydrogens (tertiary/aromatic N) is 2. The van der Waals surface area contributed by atoms with Gasteiger partial charge in [-0.2, -0.15) is 12.2 Å². The first-order valence-electron chi connectivity index (χ1n) is 8.00. The van der Waals surface area contributed by atoms with E-state index in [4.69, 9.17) is 0 Å². The van der Waals surface area contributed by atoms with Crippen LogP contribution >= 0.6 is 0 Å². The summed E-state index contributed by atoms with van der Waals surface area (Å²) in [6, 6.07) is 0. The molecule has 0 aliphatic heterocycles. The van der Waals surface area contributed by atoms with Crippen LogP contribution in [-0.4, -0.2) is 53.8 Å². The van der Waals surface area contributed by atoms with Crippen molar-refractivity contribution in [2.24, 2.45) is 0 Å². The molecule has 2 aliphatic carbocycles. The molecule has 2 aliphatic rings. The van der Waals surface area contributed by atoms with Crippen LogP contribution in [-0.2, 0) is 26.2 Å². The SMILES string of the molecule is CN(C)[Si](C)(C)C1=[C-]CC=C1.CN(C)[Si](C)(C)C1=[C-]CC=C1.[Cl-].[Cl-].[Zr+4]. The number of halogens is 2. The fraction of sp³-hybridized carbons (Fsp3) is 0.556. The number of rotatable bonds is 4. The Balaban J connectivity index is -0.000000346. The summed E-state index contributed by atoms with van der Waals surface area (Å²) in [6.07, 6.45) is 17.7. The van der Waals surface area contributed by atoms with Crippen LogP contribution in [0.3, 0.4) is 0 Å². The van der Waals surface area contributed by atoms with Gasteiger partial charge in [0.15, 0.2) is 0 Å². The van der Waals surface area contributed by atoms with Gasteiger partial charge < -0.3 is 33.9 Å². The average molecular weight is 495 g/mol. The number of hydrogen-bond donors (Lipinski definition) is 0. The first-order chi connectivity index (χ1) is 10.1. The Morgan fingerprint density at radius 2 is 1.00 bits per heavy atom. The first-order valence-corrected chi connectivity index (χ1v) is 13.9. The van der Waals surface area contributed by atoms with E-state index in [1.165, 1.54) is 10.4 Å². The molecule has 2 rings (SSSR count). The Labute approximate surface area is 189 Å². The van der Waals surface area contributed by atoms with Crippen molar-refractivity contribution in [3.05, 3.63) is 46.8 Å². The molecular formula is C18H32Cl2N2Si2Zr. The molecular weight excluding hydrogens is 463 g/mol. The molecule has 0 saturated carbocycles. The average Bonchev–Trinajstić information content (AvgIpc) is 3.13. The molecule has 0 unspecified atom stereocenters. The normalized spacial score (nSPS) is 15.6. The van der Waals surface area contributed by atoms with Crippen molar-refractivity contribution in [2.75, 3.05) is 28.2 Å². The van der Waals surface area contributed by atoms with Gasteiger partial charge >= 0.3 is 26.2 Å². The molecule has 0 spiro atoms. The maximum Gasteiger partial charge on any atom is 4.00 e. The molecule has 0 radical (unpaired) electrons. The first kappa shape index (κ1) is 30.5. The largest absolute Gasteiger partial charge is 4.00 e. The molecule has 0 saturated heterocycles. The fourth-order valence-electron chi connectivity index (χ4n) is 2.13. The van der Waals surface area contributed by atoms with E-state index >= 15 is 0 Å². The van der Waals surface area contributed by atoms with Gasteiger partial charge in [-0.05, 0) is 28.2 Å². The zero-order chi connectivity index (χ0) is 17.0. The topological polar surface area (TPSA) is 6.48 Å². The summed E-state index contributed by atoms with van der Waals surface area (Å²) in [5.74, 6) is 0. The monoisotopic (exact) mass is 492 g/mol. The minimum atomic E-state index is -1.30. The number of hydrogen-bond acceptors (Lipinski definition) is 2. The van der Waals surface area contributed by atoms with Crippen molar-refractivity contribution in [1.82, 2.24) is 9.13 Å². The van der Waals surface area contributed by atoms with E-state index in [-0.39, 0.29) is 51.0 Å². The van der Waals surface area contributed by atoms with Gasteiger partial charge in [0.2, 0.25) is 0 Å². The van der Waals surface area contributed by atoms with Crippen LogP contribution in [0, 0.1) is 12.2 Å². The van der Waals surface area contributed by atoms with Crippen molar-refractivity contribution in [3.63, 3.8) is 0 Å². The van der Waals surface area contributed by atoms with Gasteiger partial charge in [0, 0.05) is 0 Å². The molecule has 25 heavy (non-hydrogen) atoms. The summed E-state index contributed by atoms with van der Waals surface area (Å²) in [4.78, 5) is 0. The standard InChI is InChI=1S/2C9H16NSi.2ClH.Zr/c2*1-10(2)11(3,4)9-7-5-6-8-9;;;/h2*5,7H,6H2,1-4H3;2*1H;/q2*-1;;;+4/p-2. The summed E-state index contributed by atoms with van der Waals surface area (Å²) >= 11 is 0. The Hall–Kier alpha value is 0.777. The fourth-order valence-corrected chi connectivity index (χ4v) is 5.22. The summed E-state index contributed by atoms with van der Waals surface area (Å²) in [5.41, 5.74) is 0. The second kappa shape index (κ2) is 13.0. The maximum atomic E-state index is 3.40. The quantitative estimate of drug-likeness (QED) is 0.329. The van der Waals surface area contributed by atoms with E-state index in [1.807, 2.05) is 0 Å². The van der Waals surface area contributed by atoms with Crippen molar-refractivity contribution in [3.8, 4) is 0 Å². The predicted molar refractivity (Wildman–Crippen MR) is 103 cm³/mol. The predicted octanol–water partition coefficient (Wildman–Crippen LogP) is -2.03. The molecule has 7 heteroatoms. The van der Waals surface area contributed by atoms with E-state index in [0.29, 0.717) is 0 Å². The third-order valence-electron chi connectivity index (χ3n) is 4.94. The molecule has 0 bridgehead atoms. The van der Waals surface area contributed by atoms with Crippen molar-refractivity contribution in [2.45, 2.75) is 39.0 Å². The second-order valence-corrected chi connectivity index (χ2v) is 16.4. The van der Waals surface area contributed by atoms with Gasteiger partial charge in [-0.1, -0.05) is 26.2 Å². The zero-order valence-electron chi connectivity index (χ0n) is 16.9. The van der Waals surface area contributed by atoms with Crippen LogP contribution in [0.1, 0.15) is 12.8 Å². The van der Waals surface area contributed by atoms with Crippen LogP contribution in [0.15, 0.2) is 34.7 Å². The van der Waals surface area contributed by atoms with Gasteiger partial charge in [0.25, 0.3) is 0 Å². The van der Waals surface area contributed by atoms with E-state index in [0.717, 1.165) is 12.8 Å². The Morgan fingerprint density at radius 1 is 0.720 bits per heavy atom. The molecule has 0 aromatic carbocycles. The van der Waals surface area contributed by atoms with Crippen LogP contribution in [0.5, 0.6) is 0 Å². The smallest absolute Gasteiger partial charge is 1.00 e. The molecule has 0 heterocycles. The number of allylic oxidation sites excluding steroid dienone is 8. The van der Waals surface area contributed by atoms with E-state index in [2.05, 4.69) is 100.0 Å². The van der Waals surface area contributed by atoms with E-state index < -0.39 is 16.5 Å². The Kier molecular flexibility index (Phi) is 15.9. The van der Waals surface area contributed by atoms with E-state index in [9.17, 15) is 0 Å². The molecule has 0 aromatic heterocycles. The Morgan fingerprint density at radius 3 is 1.16 bits per heavy atom. The van der Waals surface area contributed by atoms with Crippen molar-refractivity contribution >= 4 is 16.5 Å². The van der Waals surface area contributed by atoms with Crippen LogP contribution in [0.25, 0.3) is 0 Å². The minimum Gasteiger partial charge on any atom is -1.00 e. The summed E-state index contributed by atoms with van der Waals surface area (Å²) in [7, 11) is 6.05. The van der Waals surface area contributed by atoms with Gasteiger partial charge in [-0.3, -0.25) is 12.2 Å². The van der Waals surface area contributed by atoms with Crippen LogP contribution in [0.2, 0.25) is 26.2 Å². The van der Waals surface area contributed by atoms with Gasteiger partial charge in [-0.15, -0.1) is 12.8 Å². The molecule has 140 valence electrons. The maximum absolute atomic E-state index is 3.40. The third kappa shape index (κ3) is 8.55. The van der Waals surface area contributed by atoms with Crippen molar-refractivity contribution < 1.29 is 51.0 Å². The molecule has 0 aromatic rings. The summed E-state index contributed by atoms with van der Waals surface area (Å²) in [6.45, 7) is 9.41. The van der Waals surface area contributed by atoms with Crippen molar-refractivity contribution in [1.29, 1.82) is 0 Å². The second-order valence-electron chi connectivity index (χ2n) is 7.30. The van der Waals surface area contributed by atoms with Gasteiger partial charge in [-0.25, -0.2) is 22.5 Å². The van der Waals surface area contributed by atoms with Gasteiger partial charge in [0.05, 0.1) is 0 Å². The summed E-state index contributed by atoms with van der Waals surface area (Å²) in [5, 5.41) is 2.89. The van der Waals surface area contributed by atoms with E-state index in [1.54, 1.807) is 0 Å². The molecule has 0 amide bonds. The van der Waals surface area contributed by atoms with Crippen LogP contribution in [0.4, 0.5) is 0 Å². The Bertz CT molecular complexity index is 465. The molecule has 0 N–H and O–H groups in total. The van der Waals surface area contributed by atoms with Gasteiger partial charge in [0.1, 0.15) is 16.5 Å². The molecule has 0 atom stereocenters. The third-order valence-corrected chi connectivity index (χ3v) is 12.7. The molecule has 2 nitrogen and oxygen atoms in total. The van der Waals surface area contributed by atoms with Crippen LogP contribution < -0.4 is 24.8 Å². The summed E-state index contributed by atoms with van der Waals surface area (Å²) < 4.78 is 4.70.